The van der Waals surface area contributed by atoms with Gasteiger partial charge in [-0.3, -0.25) is 4.90 Å². The monoisotopic (exact) mass is 273 g/mol. The number of hydrogen-bond donors (Lipinski definition) is 1. The predicted molar refractivity (Wildman–Crippen MR) is 82.4 cm³/mol. The second kappa shape index (κ2) is 7.10. The minimum atomic E-state index is 0.627. The minimum absolute atomic E-state index is 0.627. The quantitative estimate of drug-likeness (QED) is 0.784. The highest BCUT2D eigenvalue weighted by Gasteiger charge is 2.10. The summed E-state index contributed by atoms with van der Waals surface area (Å²) < 4.78 is 5.54. The number of aromatic nitrogens is 1. The van der Waals surface area contributed by atoms with E-state index < -0.39 is 0 Å². The maximum absolute atomic E-state index is 5.54. The Hall–Kier alpha value is -1.81. The summed E-state index contributed by atoms with van der Waals surface area (Å²) in [6.45, 7) is 6.05. The molecule has 2 rings (SSSR count). The first-order valence-electron chi connectivity index (χ1n) is 7.22. The van der Waals surface area contributed by atoms with Crippen LogP contribution in [0.3, 0.4) is 0 Å². The molecule has 0 atom stereocenters. The molecule has 1 aromatic carbocycles. The molecule has 0 fully saturated rings. The van der Waals surface area contributed by atoms with E-state index in [2.05, 4.69) is 48.4 Å². The van der Waals surface area contributed by atoms with Gasteiger partial charge in [0.15, 0.2) is 0 Å². The average molecular weight is 273 g/mol. The van der Waals surface area contributed by atoms with Crippen LogP contribution in [-0.4, -0.2) is 18.6 Å². The molecule has 0 aliphatic carbocycles. The smallest absolute Gasteiger partial charge is 0.301 e. The zero-order valence-electron chi connectivity index (χ0n) is 12.5. The topological polar surface area (TPSA) is 41.3 Å². The molecule has 4 nitrogen and oxygen atoms in total. The molecule has 108 valence electrons. The van der Waals surface area contributed by atoms with Gasteiger partial charge in [-0.05, 0) is 37.1 Å². The Labute approximate surface area is 120 Å². The van der Waals surface area contributed by atoms with Crippen LogP contribution >= 0.6 is 0 Å². The summed E-state index contributed by atoms with van der Waals surface area (Å²) in [5, 5.41) is 3.32. The molecule has 0 saturated heterocycles. The third kappa shape index (κ3) is 3.61. The predicted octanol–water partition coefficient (Wildman–Crippen LogP) is 3.50. The zero-order chi connectivity index (χ0) is 14.4. The Kier molecular flexibility index (Phi) is 5.18. The number of benzene rings is 1. The van der Waals surface area contributed by atoms with Gasteiger partial charge in [-0.1, -0.05) is 26.0 Å². The van der Waals surface area contributed by atoms with Crippen LogP contribution in [0.4, 0.5) is 11.7 Å². The van der Waals surface area contributed by atoms with Crippen molar-refractivity contribution in [2.45, 2.75) is 33.2 Å². The molecule has 0 spiro atoms. The lowest BCUT2D eigenvalue weighted by molar-refractivity contribution is 0.557. The number of anilines is 2. The summed E-state index contributed by atoms with van der Waals surface area (Å²) in [4.78, 5) is 6.46. The van der Waals surface area contributed by atoms with E-state index in [0.717, 1.165) is 37.3 Å². The van der Waals surface area contributed by atoms with Crippen molar-refractivity contribution in [1.82, 2.24) is 10.3 Å². The summed E-state index contributed by atoms with van der Waals surface area (Å²) in [5.41, 5.74) is 3.35. The Balaban J connectivity index is 2.02. The summed E-state index contributed by atoms with van der Waals surface area (Å²) >= 11 is 0. The fourth-order valence-corrected chi connectivity index (χ4v) is 1.99. The third-order valence-electron chi connectivity index (χ3n) is 3.29. The summed E-state index contributed by atoms with van der Waals surface area (Å²) in [5.74, 6) is 0. The van der Waals surface area contributed by atoms with E-state index >= 15 is 0 Å². The first-order valence-corrected chi connectivity index (χ1v) is 7.22. The molecule has 1 heterocycles. The molecule has 0 bridgehead atoms. The van der Waals surface area contributed by atoms with E-state index in [0.29, 0.717) is 6.01 Å². The van der Waals surface area contributed by atoms with Gasteiger partial charge in [-0.15, -0.1) is 0 Å². The van der Waals surface area contributed by atoms with Crippen molar-refractivity contribution in [3.05, 3.63) is 41.8 Å². The van der Waals surface area contributed by atoms with Gasteiger partial charge in [-0.25, -0.2) is 0 Å². The normalized spacial score (nSPS) is 10.8. The van der Waals surface area contributed by atoms with Crippen LogP contribution in [0.15, 0.2) is 34.9 Å². The number of aryl methyl sites for hydroxylation is 1. The number of hydrogen-bond acceptors (Lipinski definition) is 4. The Bertz CT molecular complexity index is 519. The van der Waals surface area contributed by atoms with Crippen molar-refractivity contribution in [1.29, 1.82) is 0 Å². The molecular formula is C16H23N3O. The maximum atomic E-state index is 5.54. The lowest BCUT2D eigenvalue weighted by Crippen LogP contribution is -2.14. The van der Waals surface area contributed by atoms with E-state index in [9.17, 15) is 0 Å². The Morgan fingerprint density at radius 1 is 1.20 bits per heavy atom. The lowest BCUT2D eigenvalue weighted by Gasteiger charge is -2.14. The maximum Gasteiger partial charge on any atom is 0.301 e. The molecule has 0 radical (unpaired) electrons. The van der Waals surface area contributed by atoms with Crippen LogP contribution in [0.1, 0.15) is 31.5 Å². The standard InChI is InChI=1S/C16H23N3O/c1-4-10-17-11-14-12-20-16(18-14)19(3)15-8-6-13(5-2)7-9-15/h6-9,12,17H,4-5,10-11H2,1-3H3. The van der Waals surface area contributed by atoms with Gasteiger partial charge in [0.1, 0.15) is 6.26 Å². The van der Waals surface area contributed by atoms with E-state index in [4.69, 9.17) is 4.42 Å². The SMILES string of the molecule is CCCNCc1coc(N(C)c2ccc(CC)cc2)n1. The van der Waals surface area contributed by atoms with Gasteiger partial charge < -0.3 is 9.73 Å². The highest BCUT2D eigenvalue weighted by molar-refractivity contribution is 5.55. The fraction of sp³-hybridized carbons (Fsp3) is 0.438. The third-order valence-corrected chi connectivity index (χ3v) is 3.29. The summed E-state index contributed by atoms with van der Waals surface area (Å²) in [7, 11) is 1.97. The minimum Gasteiger partial charge on any atom is -0.431 e. The van der Waals surface area contributed by atoms with Crippen LogP contribution in [-0.2, 0) is 13.0 Å². The molecule has 1 N–H and O–H groups in total. The summed E-state index contributed by atoms with van der Waals surface area (Å²) in [6, 6.07) is 9.09. The van der Waals surface area contributed by atoms with Crippen molar-refractivity contribution in [2.24, 2.45) is 0 Å². The largest absolute Gasteiger partial charge is 0.431 e. The van der Waals surface area contributed by atoms with Crippen LogP contribution < -0.4 is 10.2 Å². The average Bonchev–Trinajstić information content (AvgIpc) is 2.96. The van der Waals surface area contributed by atoms with Gasteiger partial charge in [0.2, 0.25) is 0 Å². The molecule has 4 heteroatoms. The Morgan fingerprint density at radius 2 is 1.95 bits per heavy atom. The van der Waals surface area contributed by atoms with Crippen LogP contribution in [0, 0.1) is 0 Å². The van der Waals surface area contributed by atoms with Crippen LogP contribution in [0.2, 0.25) is 0 Å². The molecular weight excluding hydrogens is 250 g/mol. The second-order valence-electron chi connectivity index (χ2n) is 4.88. The number of nitrogens with one attached hydrogen (secondary N) is 1. The highest BCUT2D eigenvalue weighted by atomic mass is 16.4. The first kappa shape index (κ1) is 14.6. The molecule has 20 heavy (non-hydrogen) atoms. The van der Waals surface area contributed by atoms with Crippen molar-refractivity contribution in [3.63, 3.8) is 0 Å². The van der Waals surface area contributed by atoms with Crippen molar-refractivity contribution < 1.29 is 4.42 Å². The zero-order valence-corrected chi connectivity index (χ0v) is 12.5. The van der Waals surface area contributed by atoms with Crippen LogP contribution in [0.5, 0.6) is 0 Å². The van der Waals surface area contributed by atoms with Crippen LogP contribution in [0.25, 0.3) is 0 Å². The summed E-state index contributed by atoms with van der Waals surface area (Å²) in [6.07, 6.45) is 3.89. The van der Waals surface area contributed by atoms with Crippen molar-refractivity contribution in [3.8, 4) is 0 Å². The van der Waals surface area contributed by atoms with Gasteiger partial charge >= 0.3 is 6.01 Å². The molecule has 0 saturated carbocycles. The second-order valence-corrected chi connectivity index (χ2v) is 4.88. The number of nitrogens with zero attached hydrogens (tertiary/aromatic N) is 2. The molecule has 0 aliphatic heterocycles. The molecule has 2 aromatic rings. The van der Waals surface area contributed by atoms with Crippen molar-refractivity contribution in [2.75, 3.05) is 18.5 Å². The van der Waals surface area contributed by atoms with E-state index in [1.807, 2.05) is 11.9 Å². The van der Waals surface area contributed by atoms with Gasteiger partial charge in [0.25, 0.3) is 0 Å². The highest BCUT2D eigenvalue weighted by Crippen LogP contribution is 2.23. The number of oxazole rings is 1. The molecule has 0 amide bonds. The van der Waals surface area contributed by atoms with E-state index in [-0.39, 0.29) is 0 Å². The van der Waals surface area contributed by atoms with Gasteiger partial charge in [-0.2, -0.15) is 4.98 Å². The first-order chi connectivity index (χ1) is 9.74. The fourth-order valence-electron chi connectivity index (χ4n) is 1.99. The van der Waals surface area contributed by atoms with Crippen molar-refractivity contribution >= 4 is 11.7 Å². The molecule has 0 aliphatic rings. The van der Waals surface area contributed by atoms with Gasteiger partial charge in [0.05, 0.1) is 5.69 Å². The Morgan fingerprint density at radius 3 is 2.60 bits per heavy atom. The molecule has 1 aromatic heterocycles. The molecule has 0 unspecified atom stereocenters. The lowest BCUT2D eigenvalue weighted by atomic mass is 10.1. The van der Waals surface area contributed by atoms with E-state index in [1.54, 1.807) is 6.26 Å². The number of rotatable bonds is 7. The van der Waals surface area contributed by atoms with Gasteiger partial charge in [0, 0.05) is 19.3 Å². The van der Waals surface area contributed by atoms with E-state index in [1.165, 1.54) is 5.56 Å².